The molecule has 1 rings (SSSR count). The fraction of sp³-hybridized carbons (Fsp3) is 0.444. The third kappa shape index (κ3) is 1.94. The lowest BCUT2D eigenvalue weighted by Crippen LogP contribution is -2.37. The van der Waals surface area contributed by atoms with Crippen LogP contribution < -0.4 is 16.2 Å². The topological polar surface area (TPSA) is 94.4 Å². The molecule has 0 fully saturated rings. The number of aromatic nitrogens is 1. The van der Waals surface area contributed by atoms with Gasteiger partial charge >= 0.3 is 0 Å². The fourth-order valence-corrected chi connectivity index (χ4v) is 1.13. The van der Waals surface area contributed by atoms with Gasteiger partial charge in [-0.25, -0.2) is 4.98 Å². The van der Waals surface area contributed by atoms with Crippen LogP contribution in [0.1, 0.15) is 12.5 Å². The number of pyridine rings is 1. The minimum atomic E-state index is -0.895. The zero-order valence-electron chi connectivity index (χ0n) is 8.32. The van der Waals surface area contributed by atoms with E-state index < -0.39 is 5.54 Å². The molecule has 1 heterocycles. The first-order valence-electron chi connectivity index (χ1n) is 4.21. The van der Waals surface area contributed by atoms with Crippen LogP contribution in [0.4, 0.5) is 5.69 Å². The zero-order valence-corrected chi connectivity index (χ0v) is 8.32. The van der Waals surface area contributed by atoms with Crippen molar-refractivity contribution in [2.24, 2.45) is 5.73 Å². The molecule has 0 unspecified atom stereocenters. The first kappa shape index (κ1) is 10.7. The van der Waals surface area contributed by atoms with Gasteiger partial charge in [0.05, 0.1) is 31.1 Å². The van der Waals surface area contributed by atoms with Crippen LogP contribution in [0.3, 0.4) is 0 Å². The van der Waals surface area contributed by atoms with Gasteiger partial charge in [0.15, 0.2) is 0 Å². The summed E-state index contributed by atoms with van der Waals surface area (Å²) in [7, 11) is 1.50. The number of aliphatic hydroxyl groups is 1. The maximum atomic E-state index is 9.11. The highest BCUT2D eigenvalue weighted by Crippen LogP contribution is 2.27. The van der Waals surface area contributed by atoms with Crippen LogP contribution in [0.15, 0.2) is 12.3 Å². The normalized spacial score (nSPS) is 14.9. The summed E-state index contributed by atoms with van der Waals surface area (Å²) in [4.78, 5) is 3.97. The minimum absolute atomic E-state index is 0.200. The van der Waals surface area contributed by atoms with E-state index in [0.717, 1.165) is 0 Å². The van der Waals surface area contributed by atoms with Gasteiger partial charge in [-0.2, -0.15) is 0 Å². The third-order valence-corrected chi connectivity index (χ3v) is 2.01. The molecule has 0 aliphatic heterocycles. The predicted octanol–water partition coefficient (Wildman–Crippen LogP) is -0.161. The molecule has 0 saturated carbocycles. The van der Waals surface area contributed by atoms with Crippen LogP contribution in [0.2, 0.25) is 0 Å². The third-order valence-electron chi connectivity index (χ3n) is 2.01. The number of methoxy groups -OCH3 is 1. The smallest absolute Gasteiger partial charge is 0.218 e. The van der Waals surface area contributed by atoms with E-state index >= 15 is 0 Å². The van der Waals surface area contributed by atoms with Gasteiger partial charge in [-0.3, -0.25) is 0 Å². The molecule has 78 valence electrons. The number of anilines is 1. The summed E-state index contributed by atoms with van der Waals surface area (Å²) in [6.07, 6.45) is 1.48. The molecule has 14 heavy (non-hydrogen) atoms. The summed E-state index contributed by atoms with van der Waals surface area (Å²) in [5, 5.41) is 9.11. The summed E-state index contributed by atoms with van der Waals surface area (Å²) in [6, 6.07) is 1.65. The van der Waals surface area contributed by atoms with Crippen LogP contribution >= 0.6 is 0 Å². The Morgan fingerprint density at radius 3 is 2.79 bits per heavy atom. The molecule has 0 saturated heterocycles. The molecule has 0 aliphatic rings. The van der Waals surface area contributed by atoms with E-state index in [0.29, 0.717) is 17.1 Å². The van der Waals surface area contributed by atoms with Crippen LogP contribution in [0, 0.1) is 0 Å². The summed E-state index contributed by atoms with van der Waals surface area (Å²) in [6.45, 7) is 1.49. The Labute approximate surface area is 82.7 Å². The zero-order chi connectivity index (χ0) is 10.8. The molecule has 0 spiro atoms. The molecule has 0 aromatic carbocycles. The highest BCUT2D eigenvalue weighted by Gasteiger charge is 2.25. The van der Waals surface area contributed by atoms with Crippen molar-refractivity contribution in [3.8, 4) is 5.88 Å². The molecular weight excluding hydrogens is 182 g/mol. The van der Waals surface area contributed by atoms with Gasteiger partial charge in [0.25, 0.3) is 0 Å². The minimum Gasteiger partial charge on any atom is -0.481 e. The summed E-state index contributed by atoms with van der Waals surface area (Å²) in [5.74, 6) is 0.387. The van der Waals surface area contributed by atoms with Crippen LogP contribution in [0.25, 0.3) is 0 Å². The van der Waals surface area contributed by atoms with Gasteiger partial charge in [-0.15, -0.1) is 0 Å². The van der Waals surface area contributed by atoms with Crippen molar-refractivity contribution < 1.29 is 9.84 Å². The Morgan fingerprint density at radius 2 is 2.29 bits per heavy atom. The van der Waals surface area contributed by atoms with E-state index in [1.165, 1.54) is 13.3 Å². The molecule has 1 aromatic rings. The molecule has 5 N–H and O–H groups in total. The van der Waals surface area contributed by atoms with Gasteiger partial charge in [0.2, 0.25) is 5.88 Å². The van der Waals surface area contributed by atoms with Gasteiger partial charge in [-0.1, -0.05) is 0 Å². The van der Waals surface area contributed by atoms with Gasteiger partial charge < -0.3 is 21.3 Å². The lowest BCUT2D eigenvalue weighted by atomic mass is 9.95. The van der Waals surface area contributed by atoms with Crippen LogP contribution in [-0.2, 0) is 5.54 Å². The maximum Gasteiger partial charge on any atom is 0.218 e. The molecule has 0 aliphatic carbocycles. The molecule has 1 aromatic heterocycles. The molecule has 0 amide bonds. The second-order valence-corrected chi connectivity index (χ2v) is 3.40. The number of hydrogen-bond donors (Lipinski definition) is 3. The quantitative estimate of drug-likeness (QED) is 0.626. The largest absolute Gasteiger partial charge is 0.481 e. The van der Waals surface area contributed by atoms with Crippen molar-refractivity contribution in [2.75, 3.05) is 19.5 Å². The monoisotopic (exact) mass is 197 g/mol. The summed E-state index contributed by atoms with van der Waals surface area (Å²) >= 11 is 0. The van der Waals surface area contributed by atoms with Crippen molar-refractivity contribution in [2.45, 2.75) is 12.5 Å². The number of nitrogens with zero attached hydrogens (tertiary/aromatic N) is 1. The summed E-state index contributed by atoms with van der Waals surface area (Å²) in [5.41, 5.74) is 11.6. The van der Waals surface area contributed by atoms with E-state index in [1.807, 2.05) is 0 Å². The predicted molar refractivity (Wildman–Crippen MR) is 53.8 cm³/mol. The van der Waals surface area contributed by atoms with Gasteiger partial charge in [-0.05, 0) is 13.0 Å². The standard InChI is InChI=1S/C9H15N3O2/c1-9(11,5-13)7-3-6(10)4-12-8(7)14-2/h3-4,13H,5,10-11H2,1-2H3/t9-/m1/s1. The first-order chi connectivity index (χ1) is 6.51. The van der Waals surface area contributed by atoms with Crippen molar-refractivity contribution in [3.63, 3.8) is 0 Å². The van der Waals surface area contributed by atoms with Gasteiger partial charge in [0, 0.05) is 5.56 Å². The Balaban J connectivity index is 3.23. The number of nitrogens with two attached hydrogens (primary N) is 2. The molecular formula is C9H15N3O2. The fourth-order valence-electron chi connectivity index (χ4n) is 1.13. The molecule has 0 bridgehead atoms. The van der Waals surface area contributed by atoms with Crippen molar-refractivity contribution in [1.29, 1.82) is 0 Å². The average molecular weight is 197 g/mol. The Kier molecular flexibility index (Phi) is 2.93. The number of ether oxygens (including phenoxy) is 1. The number of nitrogen functional groups attached to an aromatic ring is 1. The summed E-state index contributed by atoms with van der Waals surface area (Å²) < 4.78 is 5.03. The molecule has 1 atom stereocenters. The Morgan fingerprint density at radius 1 is 1.64 bits per heavy atom. The molecule has 5 heteroatoms. The number of hydrogen-bond acceptors (Lipinski definition) is 5. The van der Waals surface area contributed by atoms with Crippen LogP contribution in [0.5, 0.6) is 5.88 Å². The maximum absolute atomic E-state index is 9.11. The first-order valence-corrected chi connectivity index (χ1v) is 4.21. The Bertz CT molecular complexity index is 326. The highest BCUT2D eigenvalue weighted by atomic mass is 16.5. The van der Waals surface area contributed by atoms with Crippen molar-refractivity contribution in [1.82, 2.24) is 4.98 Å². The van der Waals surface area contributed by atoms with E-state index in [1.54, 1.807) is 13.0 Å². The Hall–Kier alpha value is -1.33. The van der Waals surface area contributed by atoms with E-state index in [9.17, 15) is 0 Å². The van der Waals surface area contributed by atoms with E-state index in [2.05, 4.69) is 4.98 Å². The average Bonchev–Trinajstić information content (AvgIpc) is 2.18. The van der Waals surface area contributed by atoms with Crippen molar-refractivity contribution >= 4 is 5.69 Å². The van der Waals surface area contributed by atoms with Crippen LogP contribution in [-0.4, -0.2) is 23.8 Å². The lowest BCUT2D eigenvalue weighted by Gasteiger charge is -2.23. The van der Waals surface area contributed by atoms with E-state index in [4.69, 9.17) is 21.3 Å². The molecule has 5 nitrogen and oxygen atoms in total. The van der Waals surface area contributed by atoms with Gasteiger partial charge in [0.1, 0.15) is 0 Å². The highest BCUT2D eigenvalue weighted by molar-refractivity contribution is 5.45. The second kappa shape index (κ2) is 3.81. The lowest BCUT2D eigenvalue weighted by molar-refractivity contribution is 0.205. The second-order valence-electron chi connectivity index (χ2n) is 3.40. The molecule has 0 radical (unpaired) electrons. The van der Waals surface area contributed by atoms with Crippen molar-refractivity contribution in [3.05, 3.63) is 17.8 Å². The van der Waals surface area contributed by atoms with E-state index in [-0.39, 0.29) is 6.61 Å². The number of rotatable bonds is 3. The SMILES string of the molecule is COc1ncc(N)cc1[C@](C)(N)CO. The number of aliphatic hydroxyl groups excluding tert-OH is 1.